The molecule has 0 radical (unpaired) electrons. The van der Waals surface area contributed by atoms with Crippen LogP contribution in [0.2, 0.25) is 0 Å². The minimum Gasteiger partial charge on any atom is -0.464 e. The van der Waals surface area contributed by atoms with Crippen molar-refractivity contribution in [3.8, 4) is 0 Å². The lowest BCUT2D eigenvalue weighted by Gasteiger charge is -2.01. The molecule has 0 aliphatic carbocycles. The van der Waals surface area contributed by atoms with Crippen LogP contribution in [0.3, 0.4) is 0 Å². The van der Waals surface area contributed by atoms with Gasteiger partial charge in [0.2, 0.25) is 0 Å². The van der Waals surface area contributed by atoms with E-state index >= 15 is 0 Å². The Kier molecular flexibility index (Phi) is 5.60. The summed E-state index contributed by atoms with van der Waals surface area (Å²) in [6.45, 7) is 2.39. The monoisotopic (exact) mass is 226 g/mol. The predicted molar refractivity (Wildman–Crippen MR) is 60.3 cm³/mol. The number of hydrogen-bond donors (Lipinski definition) is 2. The standard InChI is InChI=1S/C11H18N2O3/c1-15-5-3-4-12-7-9-6-10(13-8-9)11(14)16-2/h6,8,12-13H,3-5,7H2,1-2H3. The zero-order chi connectivity index (χ0) is 11.8. The van der Waals surface area contributed by atoms with Crippen LogP contribution >= 0.6 is 0 Å². The van der Waals surface area contributed by atoms with E-state index in [4.69, 9.17) is 4.74 Å². The number of H-pyrrole nitrogens is 1. The van der Waals surface area contributed by atoms with Gasteiger partial charge in [0.05, 0.1) is 7.11 Å². The lowest BCUT2D eigenvalue weighted by molar-refractivity contribution is 0.0595. The fourth-order valence-corrected chi connectivity index (χ4v) is 1.34. The predicted octanol–water partition coefficient (Wildman–Crippen LogP) is 0.927. The lowest BCUT2D eigenvalue weighted by Crippen LogP contribution is -2.15. The fraction of sp³-hybridized carbons (Fsp3) is 0.545. The van der Waals surface area contributed by atoms with Crippen LogP contribution in [0.25, 0.3) is 0 Å². The number of carbonyl (C=O) groups is 1. The van der Waals surface area contributed by atoms with Crippen LogP contribution in [0.1, 0.15) is 22.5 Å². The zero-order valence-electron chi connectivity index (χ0n) is 9.71. The van der Waals surface area contributed by atoms with E-state index in [1.807, 2.05) is 0 Å². The van der Waals surface area contributed by atoms with Crippen molar-refractivity contribution >= 4 is 5.97 Å². The molecule has 0 atom stereocenters. The first-order valence-electron chi connectivity index (χ1n) is 5.23. The van der Waals surface area contributed by atoms with Crippen molar-refractivity contribution in [1.29, 1.82) is 0 Å². The van der Waals surface area contributed by atoms with Crippen molar-refractivity contribution < 1.29 is 14.3 Å². The van der Waals surface area contributed by atoms with Crippen LogP contribution in [0.4, 0.5) is 0 Å². The Morgan fingerprint density at radius 3 is 3.00 bits per heavy atom. The molecule has 0 amide bonds. The third-order valence-electron chi connectivity index (χ3n) is 2.18. The number of aromatic nitrogens is 1. The Morgan fingerprint density at radius 2 is 2.31 bits per heavy atom. The highest BCUT2D eigenvalue weighted by molar-refractivity contribution is 5.87. The summed E-state index contributed by atoms with van der Waals surface area (Å²) in [5.74, 6) is -0.342. The molecule has 1 aromatic rings. The molecule has 0 bridgehead atoms. The minimum atomic E-state index is -0.342. The van der Waals surface area contributed by atoms with Gasteiger partial charge in [-0.15, -0.1) is 0 Å². The average Bonchev–Trinajstić information content (AvgIpc) is 2.76. The van der Waals surface area contributed by atoms with Gasteiger partial charge in [0.1, 0.15) is 5.69 Å². The summed E-state index contributed by atoms with van der Waals surface area (Å²) in [6.07, 6.45) is 2.78. The number of esters is 1. The molecule has 5 nitrogen and oxygen atoms in total. The van der Waals surface area contributed by atoms with Crippen molar-refractivity contribution in [3.63, 3.8) is 0 Å². The summed E-state index contributed by atoms with van der Waals surface area (Å²) >= 11 is 0. The molecule has 0 aliphatic rings. The molecule has 0 unspecified atom stereocenters. The molecule has 5 heteroatoms. The van der Waals surface area contributed by atoms with Crippen molar-refractivity contribution in [3.05, 3.63) is 23.5 Å². The maximum atomic E-state index is 11.2. The molecular weight excluding hydrogens is 208 g/mol. The second-order valence-corrected chi connectivity index (χ2v) is 3.44. The second kappa shape index (κ2) is 7.03. The summed E-state index contributed by atoms with van der Waals surface area (Å²) in [6, 6.07) is 1.79. The molecule has 1 heterocycles. The van der Waals surface area contributed by atoms with Crippen LogP contribution in [-0.4, -0.2) is 38.3 Å². The molecular formula is C11H18N2O3. The number of carbonyl (C=O) groups excluding carboxylic acids is 1. The van der Waals surface area contributed by atoms with Gasteiger partial charge in [-0.3, -0.25) is 0 Å². The maximum Gasteiger partial charge on any atom is 0.354 e. The largest absolute Gasteiger partial charge is 0.464 e. The number of methoxy groups -OCH3 is 2. The van der Waals surface area contributed by atoms with Crippen molar-refractivity contribution in [2.75, 3.05) is 27.4 Å². The number of nitrogens with one attached hydrogen (secondary N) is 2. The van der Waals surface area contributed by atoms with Gasteiger partial charge in [0, 0.05) is 26.5 Å². The molecule has 0 spiro atoms. The van der Waals surface area contributed by atoms with E-state index in [-0.39, 0.29) is 5.97 Å². The molecule has 0 aromatic carbocycles. The zero-order valence-corrected chi connectivity index (χ0v) is 9.71. The average molecular weight is 226 g/mol. The fourth-order valence-electron chi connectivity index (χ4n) is 1.34. The van der Waals surface area contributed by atoms with Crippen LogP contribution in [0.15, 0.2) is 12.3 Å². The van der Waals surface area contributed by atoms with E-state index in [9.17, 15) is 4.79 Å². The van der Waals surface area contributed by atoms with Crippen LogP contribution in [-0.2, 0) is 16.0 Å². The molecule has 0 fully saturated rings. The number of hydrogen-bond acceptors (Lipinski definition) is 4. The number of ether oxygens (including phenoxy) is 2. The van der Waals surface area contributed by atoms with E-state index in [0.29, 0.717) is 5.69 Å². The summed E-state index contributed by atoms with van der Waals surface area (Å²) in [5, 5.41) is 3.25. The lowest BCUT2D eigenvalue weighted by atomic mass is 10.3. The highest BCUT2D eigenvalue weighted by Gasteiger charge is 2.07. The van der Waals surface area contributed by atoms with E-state index < -0.39 is 0 Å². The number of aromatic amines is 1. The third-order valence-corrected chi connectivity index (χ3v) is 2.18. The van der Waals surface area contributed by atoms with Gasteiger partial charge in [-0.1, -0.05) is 0 Å². The molecule has 0 saturated heterocycles. The molecule has 2 N–H and O–H groups in total. The Hall–Kier alpha value is -1.33. The SMILES string of the molecule is COCCCNCc1c[nH]c(C(=O)OC)c1. The molecule has 90 valence electrons. The molecule has 0 saturated carbocycles. The van der Waals surface area contributed by atoms with Crippen LogP contribution < -0.4 is 5.32 Å². The van der Waals surface area contributed by atoms with E-state index in [2.05, 4.69) is 15.0 Å². The highest BCUT2D eigenvalue weighted by atomic mass is 16.5. The maximum absolute atomic E-state index is 11.2. The summed E-state index contributed by atoms with van der Waals surface area (Å²) in [4.78, 5) is 14.0. The van der Waals surface area contributed by atoms with Gasteiger partial charge in [0.15, 0.2) is 0 Å². The molecule has 1 rings (SSSR count). The van der Waals surface area contributed by atoms with Crippen LogP contribution in [0, 0.1) is 0 Å². The van der Waals surface area contributed by atoms with Gasteiger partial charge in [-0.2, -0.15) is 0 Å². The Balaban J connectivity index is 2.27. The number of rotatable bonds is 7. The Labute approximate surface area is 95.1 Å². The first kappa shape index (κ1) is 12.7. The molecule has 1 aromatic heterocycles. The minimum absolute atomic E-state index is 0.342. The summed E-state index contributed by atoms with van der Waals surface area (Å²) in [5.41, 5.74) is 1.52. The summed E-state index contributed by atoms with van der Waals surface area (Å²) < 4.78 is 9.54. The quantitative estimate of drug-likeness (QED) is 0.536. The normalized spacial score (nSPS) is 10.4. The Bertz CT molecular complexity index is 323. The van der Waals surface area contributed by atoms with Gasteiger partial charge in [-0.25, -0.2) is 4.79 Å². The second-order valence-electron chi connectivity index (χ2n) is 3.44. The molecule has 0 aliphatic heterocycles. The molecule has 16 heavy (non-hydrogen) atoms. The smallest absolute Gasteiger partial charge is 0.354 e. The highest BCUT2D eigenvalue weighted by Crippen LogP contribution is 2.04. The van der Waals surface area contributed by atoms with Gasteiger partial charge < -0.3 is 19.8 Å². The van der Waals surface area contributed by atoms with Crippen LogP contribution in [0.5, 0.6) is 0 Å². The Morgan fingerprint density at radius 1 is 1.50 bits per heavy atom. The summed E-state index contributed by atoms with van der Waals surface area (Å²) in [7, 11) is 3.06. The topological polar surface area (TPSA) is 63.3 Å². The van der Waals surface area contributed by atoms with Gasteiger partial charge in [0.25, 0.3) is 0 Å². The van der Waals surface area contributed by atoms with E-state index in [1.54, 1.807) is 19.4 Å². The third kappa shape index (κ3) is 4.04. The van der Waals surface area contributed by atoms with Gasteiger partial charge >= 0.3 is 5.97 Å². The van der Waals surface area contributed by atoms with Crippen molar-refractivity contribution in [2.24, 2.45) is 0 Å². The van der Waals surface area contributed by atoms with Gasteiger partial charge in [-0.05, 0) is 24.6 Å². The van der Waals surface area contributed by atoms with E-state index in [0.717, 1.165) is 31.7 Å². The van der Waals surface area contributed by atoms with Crippen molar-refractivity contribution in [1.82, 2.24) is 10.3 Å². The van der Waals surface area contributed by atoms with E-state index in [1.165, 1.54) is 7.11 Å². The first-order valence-corrected chi connectivity index (χ1v) is 5.23. The first-order chi connectivity index (χ1) is 7.77. The van der Waals surface area contributed by atoms with Crippen molar-refractivity contribution in [2.45, 2.75) is 13.0 Å².